The number of rotatable bonds is 5. The lowest BCUT2D eigenvalue weighted by molar-refractivity contribution is -0.123. The SMILES string of the molecule is COc1cc(-n2cnc3cc(C#N)ccc32)cc(OC)c1C(=O)NCC(F)(F)F. The standard InChI is InChI=1S/C19H15F3N4O3/c1-28-15-6-12(26-10-25-13-5-11(8-23)3-4-14(13)26)7-16(29-2)17(15)18(27)24-9-19(20,21)22/h3-7,10H,9H2,1-2H3,(H,24,27). The Morgan fingerprint density at radius 2 is 1.86 bits per heavy atom. The fourth-order valence-corrected chi connectivity index (χ4v) is 2.82. The molecule has 0 saturated heterocycles. The van der Waals surface area contributed by atoms with Crippen molar-refractivity contribution in [2.75, 3.05) is 20.8 Å². The zero-order valence-corrected chi connectivity index (χ0v) is 15.4. The van der Waals surface area contributed by atoms with Crippen molar-refractivity contribution in [1.29, 1.82) is 5.26 Å². The second-order valence-corrected chi connectivity index (χ2v) is 5.95. The molecule has 1 heterocycles. The number of amides is 1. The van der Waals surface area contributed by atoms with E-state index < -0.39 is 18.6 Å². The number of nitrogens with one attached hydrogen (secondary N) is 1. The van der Waals surface area contributed by atoms with Gasteiger partial charge in [0.2, 0.25) is 0 Å². The van der Waals surface area contributed by atoms with Crippen LogP contribution in [0.2, 0.25) is 0 Å². The number of methoxy groups -OCH3 is 2. The van der Waals surface area contributed by atoms with Crippen LogP contribution in [-0.2, 0) is 0 Å². The van der Waals surface area contributed by atoms with Crippen LogP contribution in [0.5, 0.6) is 11.5 Å². The molecule has 0 saturated carbocycles. The van der Waals surface area contributed by atoms with Gasteiger partial charge in [0.05, 0.1) is 42.6 Å². The van der Waals surface area contributed by atoms with Crippen LogP contribution in [0.4, 0.5) is 13.2 Å². The molecule has 0 radical (unpaired) electrons. The predicted octanol–water partition coefficient (Wildman–Crippen LogP) is 3.21. The Morgan fingerprint density at radius 1 is 1.21 bits per heavy atom. The summed E-state index contributed by atoms with van der Waals surface area (Å²) in [6.45, 7) is -1.48. The largest absolute Gasteiger partial charge is 0.496 e. The second kappa shape index (κ2) is 7.71. The number of ether oxygens (including phenoxy) is 2. The summed E-state index contributed by atoms with van der Waals surface area (Å²) in [7, 11) is 2.59. The Bertz CT molecular complexity index is 1090. The van der Waals surface area contributed by atoms with Gasteiger partial charge in [0.15, 0.2) is 0 Å². The van der Waals surface area contributed by atoms with Crippen LogP contribution < -0.4 is 14.8 Å². The number of aromatic nitrogens is 2. The van der Waals surface area contributed by atoms with Gasteiger partial charge in [0.1, 0.15) is 29.9 Å². The first-order chi connectivity index (χ1) is 13.8. The van der Waals surface area contributed by atoms with Gasteiger partial charge in [-0.1, -0.05) is 0 Å². The van der Waals surface area contributed by atoms with Crippen molar-refractivity contribution in [2.24, 2.45) is 0 Å². The third-order valence-electron chi connectivity index (χ3n) is 4.12. The Labute approximate surface area is 163 Å². The molecule has 3 aromatic rings. The summed E-state index contributed by atoms with van der Waals surface area (Å²) < 4.78 is 49.5. The quantitative estimate of drug-likeness (QED) is 0.706. The minimum absolute atomic E-state index is 0.0366. The molecule has 29 heavy (non-hydrogen) atoms. The molecule has 1 N–H and O–H groups in total. The zero-order chi connectivity index (χ0) is 21.2. The molecule has 0 atom stereocenters. The number of halogens is 3. The zero-order valence-electron chi connectivity index (χ0n) is 15.4. The van der Waals surface area contributed by atoms with Crippen LogP contribution in [0, 0.1) is 11.3 Å². The van der Waals surface area contributed by atoms with Crippen LogP contribution in [0.25, 0.3) is 16.7 Å². The number of carbonyl (C=O) groups is 1. The summed E-state index contributed by atoms with van der Waals surface area (Å²) in [5.41, 5.74) is 2.07. The van der Waals surface area contributed by atoms with Crippen molar-refractivity contribution in [3.8, 4) is 23.3 Å². The van der Waals surface area contributed by atoms with E-state index in [4.69, 9.17) is 14.7 Å². The average molecular weight is 404 g/mol. The highest BCUT2D eigenvalue weighted by Gasteiger charge is 2.29. The summed E-state index contributed by atoms with van der Waals surface area (Å²) in [5, 5.41) is 10.8. The van der Waals surface area contributed by atoms with Crippen molar-refractivity contribution in [2.45, 2.75) is 6.18 Å². The highest BCUT2D eigenvalue weighted by atomic mass is 19.4. The van der Waals surface area contributed by atoms with Gasteiger partial charge in [-0.15, -0.1) is 0 Å². The van der Waals surface area contributed by atoms with E-state index in [1.165, 1.54) is 32.7 Å². The molecule has 0 fully saturated rings. The van der Waals surface area contributed by atoms with Gasteiger partial charge in [-0.05, 0) is 18.2 Å². The number of benzene rings is 2. The number of hydrogen-bond donors (Lipinski definition) is 1. The molecule has 1 aromatic heterocycles. The van der Waals surface area contributed by atoms with E-state index in [1.54, 1.807) is 22.8 Å². The van der Waals surface area contributed by atoms with Crippen molar-refractivity contribution < 1.29 is 27.4 Å². The molecule has 0 spiro atoms. The van der Waals surface area contributed by atoms with Gasteiger partial charge < -0.3 is 14.8 Å². The molecule has 3 rings (SSSR count). The molecule has 10 heteroatoms. The molecular weight excluding hydrogens is 389 g/mol. The maximum atomic E-state index is 12.4. The van der Waals surface area contributed by atoms with E-state index in [0.717, 1.165) is 0 Å². The summed E-state index contributed by atoms with van der Waals surface area (Å²) in [4.78, 5) is 16.6. The smallest absolute Gasteiger partial charge is 0.405 e. The Balaban J connectivity index is 2.07. The van der Waals surface area contributed by atoms with Gasteiger partial charge >= 0.3 is 6.18 Å². The highest BCUT2D eigenvalue weighted by Crippen LogP contribution is 2.33. The number of nitriles is 1. The molecule has 7 nitrogen and oxygen atoms in total. The van der Waals surface area contributed by atoms with Gasteiger partial charge in [-0.2, -0.15) is 18.4 Å². The molecule has 0 aliphatic rings. The first kappa shape index (κ1) is 20.0. The first-order valence-electron chi connectivity index (χ1n) is 8.26. The van der Waals surface area contributed by atoms with Crippen LogP contribution >= 0.6 is 0 Å². The summed E-state index contributed by atoms with van der Waals surface area (Å²) in [5.74, 6) is -0.902. The maximum Gasteiger partial charge on any atom is 0.405 e. The third-order valence-corrected chi connectivity index (χ3v) is 4.12. The third kappa shape index (κ3) is 4.08. The monoisotopic (exact) mass is 404 g/mol. The number of carbonyl (C=O) groups excluding carboxylic acids is 1. The molecular formula is C19H15F3N4O3. The van der Waals surface area contributed by atoms with Crippen LogP contribution in [0.3, 0.4) is 0 Å². The molecule has 0 bridgehead atoms. The van der Waals surface area contributed by atoms with Gasteiger partial charge in [0, 0.05) is 12.1 Å². The lowest BCUT2D eigenvalue weighted by Gasteiger charge is -2.16. The van der Waals surface area contributed by atoms with Crippen LogP contribution in [-0.4, -0.2) is 42.4 Å². The van der Waals surface area contributed by atoms with Crippen molar-refractivity contribution in [3.63, 3.8) is 0 Å². The highest BCUT2D eigenvalue weighted by molar-refractivity contribution is 6.00. The molecule has 0 unspecified atom stereocenters. The Kier molecular flexibility index (Phi) is 5.32. The lowest BCUT2D eigenvalue weighted by atomic mass is 10.1. The average Bonchev–Trinajstić information content (AvgIpc) is 3.13. The summed E-state index contributed by atoms with van der Waals surface area (Å²) in [6.07, 6.45) is -3.03. The van der Waals surface area contributed by atoms with Crippen molar-refractivity contribution in [1.82, 2.24) is 14.9 Å². The van der Waals surface area contributed by atoms with E-state index in [-0.39, 0.29) is 17.1 Å². The van der Waals surface area contributed by atoms with Crippen molar-refractivity contribution in [3.05, 3.63) is 47.8 Å². The maximum absolute atomic E-state index is 12.4. The molecule has 0 aliphatic heterocycles. The normalized spacial score (nSPS) is 11.2. The topological polar surface area (TPSA) is 89.2 Å². The number of imidazole rings is 1. The molecule has 2 aromatic carbocycles. The first-order valence-corrected chi connectivity index (χ1v) is 8.26. The van der Waals surface area contributed by atoms with E-state index in [2.05, 4.69) is 4.98 Å². The number of alkyl halides is 3. The van der Waals surface area contributed by atoms with Crippen molar-refractivity contribution >= 4 is 16.9 Å². The summed E-state index contributed by atoms with van der Waals surface area (Å²) >= 11 is 0. The molecule has 1 amide bonds. The van der Waals surface area contributed by atoms with E-state index >= 15 is 0 Å². The lowest BCUT2D eigenvalue weighted by Crippen LogP contribution is -2.34. The van der Waals surface area contributed by atoms with Crippen LogP contribution in [0.1, 0.15) is 15.9 Å². The fraction of sp³-hybridized carbons (Fsp3) is 0.211. The Morgan fingerprint density at radius 3 is 2.41 bits per heavy atom. The number of hydrogen-bond acceptors (Lipinski definition) is 5. The minimum Gasteiger partial charge on any atom is -0.496 e. The summed E-state index contributed by atoms with van der Waals surface area (Å²) in [6, 6.07) is 9.98. The van der Waals surface area contributed by atoms with E-state index in [0.29, 0.717) is 22.3 Å². The fourth-order valence-electron chi connectivity index (χ4n) is 2.82. The van der Waals surface area contributed by atoms with Gasteiger partial charge in [-0.3, -0.25) is 9.36 Å². The number of nitrogens with zero attached hydrogens (tertiary/aromatic N) is 3. The Hall–Kier alpha value is -3.74. The van der Waals surface area contributed by atoms with Gasteiger partial charge in [0.25, 0.3) is 5.91 Å². The van der Waals surface area contributed by atoms with E-state index in [9.17, 15) is 18.0 Å². The molecule has 150 valence electrons. The second-order valence-electron chi connectivity index (χ2n) is 5.95. The predicted molar refractivity (Wildman–Crippen MR) is 97.3 cm³/mol. The molecule has 0 aliphatic carbocycles. The minimum atomic E-state index is -4.55. The van der Waals surface area contributed by atoms with Crippen LogP contribution in [0.15, 0.2) is 36.7 Å². The number of fused-ring (bicyclic) bond motifs is 1. The van der Waals surface area contributed by atoms with E-state index in [1.807, 2.05) is 11.4 Å². The van der Waals surface area contributed by atoms with Gasteiger partial charge in [-0.25, -0.2) is 4.98 Å².